The molecule has 2 N–H and O–H groups in total. The first-order valence-corrected chi connectivity index (χ1v) is 7.53. The van der Waals surface area contributed by atoms with Crippen molar-refractivity contribution in [2.24, 2.45) is 23.5 Å². The highest BCUT2D eigenvalue weighted by atomic mass is 35.5. The van der Waals surface area contributed by atoms with Gasteiger partial charge >= 0.3 is 0 Å². The van der Waals surface area contributed by atoms with E-state index >= 15 is 0 Å². The first-order chi connectivity index (χ1) is 8.65. The molecule has 4 atom stereocenters. The lowest BCUT2D eigenvalue weighted by atomic mass is 9.83. The van der Waals surface area contributed by atoms with Crippen LogP contribution in [-0.2, 0) is 0 Å². The van der Waals surface area contributed by atoms with E-state index in [4.69, 9.17) is 17.3 Å². The van der Waals surface area contributed by atoms with Crippen molar-refractivity contribution in [1.29, 1.82) is 0 Å². The van der Waals surface area contributed by atoms with E-state index in [1.54, 1.807) is 0 Å². The summed E-state index contributed by atoms with van der Waals surface area (Å²) in [5.41, 5.74) is 8.67. The van der Waals surface area contributed by atoms with Gasteiger partial charge in [0, 0.05) is 11.1 Å². The van der Waals surface area contributed by atoms with Gasteiger partial charge in [-0.25, -0.2) is 0 Å². The van der Waals surface area contributed by atoms with Crippen molar-refractivity contribution in [1.82, 2.24) is 0 Å². The molecule has 3 rings (SSSR count). The molecule has 0 aromatic heterocycles. The summed E-state index contributed by atoms with van der Waals surface area (Å²) in [7, 11) is 0. The van der Waals surface area contributed by atoms with Crippen LogP contribution in [0.2, 0.25) is 5.02 Å². The van der Waals surface area contributed by atoms with Crippen LogP contribution >= 0.6 is 11.6 Å². The topological polar surface area (TPSA) is 26.0 Å². The van der Waals surface area contributed by atoms with E-state index < -0.39 is 0 Å². The molecule has 2 fully saturated rings. The fourth-order valence-corrected chi connectivity index (χ4v) is 4.34. The first-order valence-electron chi connectivity index (χ1n) is 7.15. The van der Waals surface area contributed by atoms with Crippen molar-refractivity contribution < 1.29 is 0 Å². The van der Waals surface area contributed by atoms with Crippen LogP contribution in [0.4, 0.5) is 0 Å². The minimum atomic E-state index is 0.113. The number of halogens is 1. The fourth-order valence-electron chi connectivity index (χ4n) is 4.07. The van der Waals surface area contributed by atoms with Crippen molar-refractivity contribution in [3.05, 3.63) is 34.3 Å². The molecule has 0 radical (unpaired) electrons. The largest absolute Gasteiger partial charge is 0.324 e. The molecule has 2 aliphatic carbocycles. The van der Waals surface area contributed by atoms with E-state index in [0.29, 0.717) is 0 Å². The highest BCUT2D eigenvalue weighted by molar-refractivity contribution is 6.32. The summed E-state index contributed by atoms with van der Waals surface area (Å²) >= 11 is 6.37. The summed E-state index contributed by atoms with van der Waals surface area (Å²) in [6, 6.07) is 6.32. The van der Waals surface area contributed by atoms with Crippen LogP contribution in [0.15, 0.2) is 18.2 Å². The Bertz CT molecular complexity index is 443. The molecule has 4 unspecified atom stereocenters. The predicted octanol–water partition coefficient (Wildman–Crippen LogP) is 4.47. The molecule has 0 saturated heterocycles. The molecule has 1 nitrogen and oxygen atoms in total. The number of benzene rings is 1. The SMILES string of the molecule is Cc1cccc(C(N)CC2CC3CCC2C3)c1Cl. The molecule has 0 aliphatic heterocycles. The molecule has 1 aromatic carbocycles. The van der Waals surface area contributed by atoms with Crippen LogP contribution in [0.3, 0.4) is 0 Å². The fraction of sp³-hybridized carbons (Fsp3) is 0.625. The number of aryl methyl sites for hydroxylation is 1. The standard InChI is InChI=1S/C16H22ClN/c1-10-3-2-4-14(16(10)17)15(18)9-13-8-11-5-6-12(13)7-11/h2-4,11-13,15H,5-9,18H2,1H3. The van der Waals surface area contributed by atoms with Gasteiger partial charge in [-0.2, -0.15) is 0 Å². The molecular weight excluding hydrogens is 242 g/mol. The first kappa shape index (κ1) is 12.5. The summed E-state index contributed by atoms with van der Waals surface area (Å²) < 4.78 is 0. The monoisotopic (exact) mass is 263 g/mol. The van der Waals surface area contributed by atoms with Gasteiger partial charge in [-0.1, -0.05) is 36.2 Å². The molecule has 2 saturated carbocycles. The number of rotatable bonds is 3. The van der Waals surface area contributed by atoms with E-state index in [0.717, 1.165) is 40.3 Å². The van der Waals surface area contributed by atoms with Gasteiger partial charge < -0.3 is 5.73 Å². The van der Waals surface area contributed by atoms with Gasteiger partial charge in [0.25, 0.3) is 0 Å². The van der Waals surface area contributed by atoms with E-state index in [1.165, 1.54) is 25.7 Å². The zero-order valence-corrected chi connectivity index (χ0v) is 11.8. The van der Waals surface area contributed by atoms with Gasteiger partial charge in [-0.3, -0.25) is 0 Å². The van der Waals surface area contributed by atoms with Crippen molar-refractivity contribution in [3.8, 4) is 0 Å². The molecule has 2 bridgehead atoms. The Morgan fingerprint density at radius 1 is 1.33 bits per heavy atom. The third-order valence-electron chi connectivity index (χ3n) is 5.06. The summed E-state index contributed by atoms with van der Waals surface area (Å²) in [5.74, 6) is 2.79. The number of nitrogens with two attached hydrogens (primary N) is 1. The molecule has 0 heterocycles. The molecule has 0 spiro atoms. The maximum absolute atomic E-state index is 6.39. The normalized spacial score (nSPS) is 31.8. The maximum Gasteiger partial charge on any atom is 0.0482 e. The average Bonchev–Trinajstić information content (AvgIpc) is 2.94. The Hall–Kier alpha value is -0.530. The zero-order chi connectivity index (χ0) is 12.7. The Morgan fingerprint density at radius 3 is 2.83 bits per heavy atom. The van der Waals surface area contributed by atoms with Crippen molar-refractivity contribution in [3.63, 3.8) is 0 Å². The quantitative estimate of drug-likeness (QED) is 0.855. The summed E-state index contributed by atoms with van der Waals surface area (Å²) in [4.78, 5) is 0. The lowest BCUT2D eigenvalue weighted by Gasteiger charge is -2.25. The zero-order valence-electron chi connectivity index (χ0n) is 11.0. The van der Waals surface area contributed by atoms with E-state index in [-0.39, 0.29) is 6.04 Å². The third-order valence-corrected chi connectivity index (χ3v) is 5.58. The lowest BCUT2D eigenvalue weighted by molar-refractivity contribution is 0.296. The smallest absolute Gasteiger partial charge is 0.0482 e. The van der Waals surface area contributed by atoms with Crippen LogP contribution in [-0.4, -0.2) is 0 Å². The van der Waals surface area contributed by atoms with Crippen molar-refractivity contribution in [2.45, 2.75) is 45.1 Å². The molecule has 98 valence electrons. The Labute approximate surface area is 115 Å². The van der Waals surface area contributed by atoms with E-state index in [2.05, 4.69) is 25.1 Å². The van der Waals surface area contributed by atoms with E-state index in [9.17, 15) is 0 Å². The highest BCUT2D eigenvalue weighted by Gasteiger charge is 2.39. The van der Waals surface area contributed by atoms with Gasteiger partial charge in [-0.05, 0) is 61.5 Å². The average molecular weight is 264 g/mol. The molecule has 18 heavy (non-hydrogen) atoms. The highest BCUT2D eigenvalue weighted by Crippen LogP contribution is 2.50. The third kappa shape index (κ3) is 2.19. The molecule has 0 amide bonds. The van der Waals surface area contributed by atoms with Crippen molar-refractivity contribution in [2.75, 3.05) is 0 Å². The number of hydrogen-bond donors (Lipinski definition) is 1. The van der Waals surface area contributed by atoms with Crippen LogP contribution in [0.25, 0.3) is 0 Å². The van der Waals surface area contributed by atoms with Crippen LogP contribution in [0.1, 0.15) is 49.3 Å². The minimum Gasteiger partial charge on any atom is -0.324 e. The summed E-state index contributed by atoms with van der Waals surface area (Å²) in [6.07, 6.45) is 6.87. The molecule has 1 aromatic rings. The number of fused-ring (bicyclic) bond motifs is 2. The van der Waals surface area contributed by atoms with Crippen LogP contribution in [0.5, 0.6) is 0 Å². The minimum absolute atomic E-state index is 0.113. The second-order valence-corrected chi connectivity index (χ2v) is 6.63. The van der Waals surface area contributed by atoms with Gasteiger partial charge in [0.05, 0.1) is 0 Å². The second kappa shape index (κ2) is 4.86. The Balaban J connectivity index is 1.71. The van der Waals surface area contributed by atoms with E-state index in [1.807, 2.05) is 0 Å². The number of hydrogen-bond acceptors (Lipinski definition) is 1. The molecule has 2 heteroatoms. The van der Waals surface area contributed by atoms with Gasteiger partial charge in [0.15, 0.2) is 0 Å². The second-order valence-electron chi connectivity index (χ2n) is 6.26. The molecule has 2 aliphatic rings. The van der Waals surface area contributed by atoms with Gasteiger partial charge in [-0.15, -0.1) is 0 Å². The molecular formula is C16H22ClN. The van der Waals surface area contributed by atoms with Gasteiger partial charge in [0.1, 0.15) is 0 Å². The van der Waals surface area contributed by atoms with Crippen LogP contribution in [0, 0.1) is 24.7 Å². The summed E-state index contributed by atoms with van der Waals surface area (Å²) in [5, 5.41) is 0.869. The summed E-state index contributed by atoms with van der Waals surface area (Å²) in [6.45, 7) is 2.05. The van der Waals surface area contributed by atoms with Crippen molar-refractivity contribution >= 4 is 11.6 Å². The lowest BCUT2D eigenvalue weighted by Crippen LogP contribution is -2.19. The van der Waals surface area contributed by atoms with Gasteiger partial charge in [0.2, 0.25) is 0 Å². The maximum atomic E-state index is 6.39. The predicted molar refractivity (Wildman–Crippen MR) is 76.7 cm³/mol. The van der Waals surface area contributed by atoms with Crippen LogP contribution < -0.4 is 5.73 Å². The Morgan fingerprint density at radius 2 is 2.17 bits per heavy atom. The Kier molecular flexibility index (Phi) is 3.38.